The molecule has 5 nitrogen and oxygen atoms in total. The van der Waals surface area contributed by atoms with Crippen LogP contribution in [-0.4, -0.2) is 54.3 Å². The summed E-state index contributed by atoms with van der Waals surface area (Å²) in [5.74, 6) is 0.221. The third-order valence-corrected chi connectivity index (χ3v) is 8.22. The zero-order chi connectivity index (χ0) is 24.5. The Bertz CT molecular complexity index is 1240. The number of nitrogens with zero attached hydrogens (tertiary/aromatic N) is 1. The first-order valence-corrected chi connectivity index (χ1v) is 12.5. The fourth-order valence-electron chi connectivity index (χ4n) is 6.46. The predicted molar refractivity (Wildman–Crippen MR) is 140 cm³/mol. The van der Waals surface area contributed by atoms with E-state index in [0.717, 1.165) is 61.7 Å². The SMILES string of the molecule is C=CCN1CCC2(c3cccc(O)c3)CC(NC(=O)c3ccc4ccccc4c3)CCC2(OC)C1. The lowest BCUT2D eigenvalue weighted by molar-refractivity contribution is -0.146. The number of piperidine rings is 1. The third-order valence-electron chi connectivity index (χ3n) is 8.22. The predicted octanol–water partition coefficient (Wildman–Crippen LogP) is 5.04. The van der Waals surface area contributed by atoms with E-state index in [2.05, 4.69) is 28.9 Å². The summed E-state index contributed by atoms with van der Waals surface area (Å²) < 4.78 is 6.37. The van der Waals surface area contributed by atoms with Gasteiger partial charge in [0.2, 0.25) is 0 Å². The number of aromatic hydroxyl groups is 1. The smallest absolute Gasteiger partial charge is 0.251 e. The van der Waals surface area contributed by atoms with Crippen LogP contribution < -0.4 is 5.32 Å². The molecule has 1 aliphatic carbocycles. The van der Waals surface area contributed by atoms with Crippen molar-refractivity contribution in [3.05, 3.63) is 90.5 Å². The Morgan fingerprint density at radius 1 is 1.14 bits per heavy atom. The van der Waals surface area contributed by atoms with Crippen LogP contribution in [0.15, 0.2) is 79.4 Å². The molecule has 0 spiro atoms. The fraction of sp³-hybridized carbons (Fsp3) is 0.367. The van der Waals surface area contributed by atoms with Crippen molar-refractivity contribution in [1.82, 2.24) is 10.2 Å². The van der Waals surface area contributed by atoms with E-state index in [9.17, 15) is 9.90 Å². The Morgan fingerprint density at radius 3 is 2.74 bits per heavy atom. The minimum Gasteiger partial charge on any atom is -0.508 e. The van der Waals surface area contributed by atoms with Crippen LogP contribution >= 0.6 is 0 Å². The number of carbonyl (C=O) groups excluding carboxylic acids is 1. The largest absolute Gasteiger partial charge is 0.508 e. The zero-order valence-corrected chi connectivity index (χ0v) is 20.4. The van der Waals surface area contributed by atoms with Crippen molar-refractivity contribution < 1.29 is 14.6 Å². The van der Waals surface area contributed by atoms with Crippen molar-refractivity contribution in [1.29, 1.82) is 0 Å². The molecule has 1 saturated heterocycles. The number of methoxy groups -OCH3 is 1. The van der Waals surface area contributed by atoms with Gasteiger partial charge >= 0.3 is 0 Å². The number of amides is 1. The minimum atomic E-state index is -0.397. The van der Waals surface area contributed by atoms with Gasteiger partial charge in [-0.15, -0.1) is 6.58 Å². The maximum absolute atomic E-state index is 13.3. The second-order valence-corrected chi connectivity index (χ2v) is 10.1. The number of fused-ring (bicyclic) bond motifs is 2. The average molecular weight is 471 g/mol. The quantitative estimate of drug-likeness (QED) is 0.496. The maximum atomic E-state index is 13.3. The molecular weight excluding hydrogens is 436 g/mol. The molecule has 0 aromatic heterocycles. The minimum absolute atomic E-state index is 0.0190. The topological polar surface area (TPSA) is 61.8 Å². The lowest BCUT2D eigenvalue weighted by Crippen LogP contribution is -2.67. The zero-order valence-electron chi connectivity index (χ0n) is 20.4. The summed E-state index contributed by atoms with van der Waals surface area (Å²) in [5.41, 5.74) is 1.06. The number of hydrogen-bond acceptors (Lipinski definition) is 4. The van der Waals surface area contributed by atoms with Crippen LogP contribution in [0.1, 0.15) is 41.6 Å². The first kappa shape index (κ1) is 23.6. The van der Waals surface area contributed by atoms with Crippen molar-refractivity contribution in [2.24, 2.45) is 0 Å². The summed E-state index contributed by atoms with van der Waals surface area (Å²) in [6, 6.07) is 21.6. The molecule has 2 N–H and O–H groups in total. The molecule has 3 aromatic carbocycles. The molecule has 182 valence electrons. The van der Waals surface area contributed by atoms with Gasteiger partial charge in [0.05, 0.1) is 5.60 Å². The third kappa shape index (κ3) is 4.24. The van der Waals surface area contributed by atoms with Gasteiger partial charge in [-0.3, -0.25) is 9.69 Å². The van der Waals surface area contributed by atoms with Crippen molar-refractivity contribution in [2.45, 2.75) is 42.7 Å². The van der Waals surface area contributed by atoms with Gasteiger partial charge in [0, 0.05) is 37.2 Å². The van der Waals surface area contributed by atoms with Crippen molar-refractivity contribution in [3.8, 4) is 5.75 Å². The number of phenolic OH excluding ortho intramolecular Hbond substituents is 1. The normalized spacial score (nSPS) is 26.7. The highest BCUT2D eigenvalue weighted by Gasteiger charge is 2.58. The van der Waals surface area contributed by atoms with Crippen LogP contribution in [0, 0.1) is 0 Å². The number of rotatable bonds is 6. The molecule has 1 heterocycles. The monoisotopic (exact) mass is 470 g/mol. The van der Waals surface area contributed by atoms with Crippen LogP contribution in [0.3, 0.4) is 0 Å². The van der Waals surface area contributed by atoms with Gasteiger partial charge in [0.15, 0.2) is 0 Å². The number of carbonyl (C=O) groups is 1. The summed E-state index contributed by atoms with van der Waals surface area (Å²) >= 11 is 0. The molecule has 2 fully saturated rings. The average Bonchev–Trinajstić information content (AvgIpc) is 2.88. The highest BCUT2D eigenvalue weighted by molar-refractivity contribution is 5.98. The molecule has 5 rings (SSSR count). The van der Waals surface area contributed by atoms with Crippen LogP contribution in [0.4, 0.5) is 0 Å². The second kappa shape index (κ2) is 9.48. The molecule has 3 unspecified atom stereocenters. The standard InChI is InChI=1S/C30H34N2O3/c1-3-16-32-17-15-29(25-9-6-10-27(33)19-25)20-26(13-14-30(29,21-32)35-2)31-28(34)24-12-11-22-7-4-5-8-23(22)18-24/h3-12,18-19,26,33H,1,13-17,20-21H2,2H3,(H,31,34). The fourth-order valence-corrected chi connectivity index (χ4v) is 6.46. The Labute approximate surface area is 207 Å². The first-order valence-electron chi connectivity index (χ1n) is 12.5. The highest BCUT2D eigenvalue weighted by Crippen LogP contribution is 2.53. The Balaban J connectivity index is 1.45. The Hall–Kier alpha value is -3.15. The van der Waals surface area contributed by atoms with Gasteiger partial charge < -0.3 is 15.2 Å². The molecule has 0 bridgehead atoms. The molecule has 1 aliphatic heterocycles. The first-order chi connectivity index (χ1) is 17.0. The van der Waals surface area contributed by atoms with E-state index >= 15 is 0 Å². The van der Waals surface area contributed by atoms with E-state index in [1.54, 1.807) is 6.07 Å². The van der Waals surface area contributed by atoms with Crippen molar-refractivity contribution in [2.75, 3.05) is 26.7 Å². The van der Waals surface area contributed by atoms with Crippen molar-refractivity contribution in [3.63, 3.8) is 0 Å². The van der Waals surface area contributed by atoms with Gasteiger partial charge in [0.25, 0.3) is 5.91 Å². The summed E-state index contributed by atoms with van der Waals surface area (Å²) in [5, 5.41) is 15.9. The van der Waals surface area contributed by atoms with Crippen LogP contribution in [0.5, 0.6) is 5.75 Å². The second-order valence-electron chi connectivity index (χ2n) is 10.1. The molecule has 3 aromatic rings. The van der Waals surface area contributed by atoms with Gasteiger partial charge in [-0.1, -0.05) is 48.5 Å². The highest BCUT2D eigenvalue weighted by atomic mass is 16.5. The molecule has 3 atom stereocenters. The van der Waals surface area contributed by atoms with Crippen LogP contribution in [0.25, 0.3) is 10.8 Å². The summed E-state index contributed by atoms with van der Waals surface area (Å²) in [4.78, 5) is 15.7. The molecule has 2 aliphatic rings. The number of hydrogen-bond donors (Lipinski definition) is 2. The van der Waals surface area contributed by atoms with E-state index in [4.69, 9.17) is 4.74 Å². The molecule has 1 saturated carbocycles. The summed E-state index contributed by atoms with van der Waals surface area (Å²) in [6.07, 6.45) is 5.28. The number of ether oxygens (including phenoxy) is 1. The molecular formula is C30H34N2O3. The van der Waals surface area contributed by atoms with Gasteiger partial charge in [-0.05, 0) is 72.8 Å². The number of benzene rings is 3. The Kier molecular flexibility index (Phi) is 6.39. The lowest BCUT2D eigenvalue weighted by atomic mass is 9.55. The van der Waals surface area contributed by atoms with E-state index in [0.29, 0.717) is 5.56 Å². The Morgan fingerprint density at radius 2 is 1.97 bits per heavy atom. The molecule has 0 radical (unpaired) electrons. The number of phenols is 1. The van der Waals surface area contributed by atoms with E-state index in [1.165, 1.54) is 0 Å². The van der Waals surface area contributed by atoms with Crippen LogP contribution in [-0.2, 0) is 10.2 Å². The van der Waals surface area contributed by atoms with Gasteiger partial charge in [-0.25, -0.2) is 0 Å². The maximum Gasteiger partial charge on any atom is 0.251 e. The van der Waals surface area contributed by atoms with Crippen molar-refractivity contribution >= 4 is 16.7 Å². The van der Waals surface area contributed by atoms with E-state index in [-0.39, 0.29) is 23.1 Å². The molecule has 35 heavy (non-hydrogen) atoms. The summed E-state index contributed by atoms with van der Waals surface area (Å²) in [7, 11) is 1.81. The number of likely N-dealkylation sites (tertiary alicyclic amines) is 1. The van der Waals surface area contributed by atoms with Gasteiger partial charge in [0.1, 0.15) is 5.75 Å². The summed E-state index contributed by atoms with van der Waals surface area (Å²) in [6.45, 7) is 6.46. The van der Waals surface area contributed by atoms with E-state index in [1.807, 2.05) is 61.7 Å². The lowest BCUT2D eigenvalue weighted by Gasteiger charge is -2.59. The molecule has 5 heteroatoms. The number of nitrogens with one attached hydrogen (secondary N) is 1. The van der Waals surface area contributed by atoms with Gasteiger partial charge in [-0.2, -0.15) is 0 Å². The van der Waals surface area contributed by atoms with E-state index < -0.39 is 5.60 Å². The molecule has 1 amide bonds. The van der Waals surface area contributed by atoms with Crippen LogP contribution in [0.2, 0.25) is 0 Å².